The van der Waals surface area contributed by atoms with Gasteiger partial charge in [0.1, 0.15) is 12.1 Å². The third-order valence-corrected chi connectivity index (χ3v) is 4.79. The molecule has 0 fully saturated rings. The molecule has 0 aromatic rings. The molecule has 0 amide bonds. The molecule has 0 aliphatic carbocycles. The highest BCUT2D eigenvalue weighted by Crippen LogP contribution is 2.22. The van der Waals surface area contributed by atoms with Gasteiger partial charge in [-0.2, -0.15) is 0 Å². The number of rotatable bonds is 18. The van der Waals surface area contributed by atoms with E-state index in [1.165, 1.54) is 44.9 Å². The van der Waals surface area contributed by atoms with Gasteiger partial charge in [-0.05, 0) is 12.8 Å². The third-order valence-electron chi connectivity index (χ3n) is 4.79. The van der Waals surface area contributed by atoms with E-state index in [0.717, 1.165) is 32.1 Å². The number of hydrogen-bond acceptors (Lipinski definition) is 4. The summed E-state index contributed by atoms with van der Waals surface area (Å²) in [5, 5.41) is 30.3. The quantitative estimate of drug-likeness (QED) is 0.286. The molecule has 0 spiro atoms. The number of likely N-dealkylation sites (N-methyl/N-ethyl adjacent to an activating group) is 1. The van der Waals surface area contributed by atoms with Crippen LogP contribution in [0.25, 0.3) is 0 Å². The molecule has 0 heterocycles. The van der Waals surface area contributed by atoms with E-state index in [1.54, 1.807) is 0 Å². The van der Waals surface area contributed by atoms with Crippen LogP contribution in [0.2, 0.25) is 0 Å². The smallest absolute Gasteiger partial charge is 0.119 e. The van der Waals surface area contributed by atoms with Crippen LogP contribution >= 0.6 is 0 Å². The van der Waals surface area contributed by atoms with E-state index in [2.05, 4.69) is 0 Å². The van der Waals surface area contributed by atoms with Crippen molar-refractivity contribution in [3.05, 3.63) is 0 Å². The predicted octanol–water partition coefficient (Wildman–Crippen LogP) is 2.63. The summed E-state index contributed by atoms with van der Waals surface area (Å²) < 4.78 is 0.545. The van der Waals surface area contributed by atoms with Gasteiger partial charge in [-0.3, -0.25) is 0 Å². The fourth-order valence-electron chi connectivity index (χ4n) is 3.71. The number of hydrogen-bond donors (Lipinski definition) is 2. The summed E-state index contributed by atoms with van der Waals surface area (Å²) in [6.07, 6.45) is 14.3. The number of unbranched alkanes of at least 4 members (excludes halogenated alkanes) is 11. The molecule has 0 aromatic heterocycles. The van der Waals surface area contributed by atoms with Crippen molar-refractivity contribution in [2.45, 2.75) is 95.5 Å². The highest BCUT2D eigenvalue weighted by atomic mass is 16.4. The van der Waals surface area contributed by atoms with Gasteiger partial charge in [0, 0.05) is 19.0 Å². The second-order valence-electron chi connectivity index (χ2n) is 8.94. The van der Waals surface area contributed by atoms with Crippen LogP contribution in [0.3, 0.4) is 0 Å². The summed E-state index contributed by atoms with van der Waals surface area (Å²) in [4.78, 5) is 10.9. The van der Waals surface area contributed by atoms with Crippen LogP contribution in [0.4, 0.5) is 0 Å². The van der Waals surface area contributed by atoms with Crippen LogP contribution < -0.4 is 5.11 Å². The van der Waals surface area contributed by atoms with Crippen LogP contribution in [0.5, 0.6) is 0 Å². The third kappa shape index (κ3) is 16.8. The molecule has 5 heteroatoms. The maximum Gasteiger partial charge on any atom is 0.119 e. The summed E-state index contributed by atoms with van der Waals surface area (Å²) in [6.45, 7) is 0.749. The normalized spacial score (nSPS) is 14.3. The highest BCUT2D eigenvalue weighted by Gasteiger charge is 2.33. The van der Waals surface area contributed by atoms with Crippen molar-refractivity contribution < 1.29 is 24.6 Å². The molecule has 26 heavy (non-hydrogen) atoms. The molecule has 0 aromatic carbocycles. The van der Waals surface area contributed by atoms with E-state index in [4.69, 9.17) is 5.11 Å². The second-order valence-corrected chi connectivity index (χ2v) is 8.94. The first-order valence-corrected chi connectivity index (χ1v) is 10.5. The monoisotopic (exact) mass is 373 g/mol. The van der Waals surface area contributed by atoms with Crippen molar-refractivity contribution in [1.82, 2.24) is 0 Å². The Morgan fingerprint density at radius 3 is 1.54 bits per heavy atom. The molecule has 0 aliphatic rings. The van der Waals surface area contributed by atoms with E-state index >= 15 is 0 Å². The molecule has 2 N–H and O–H groups in total. The molecule has 0 radical (unpaired) electrons. The number of carbonyl (C=O) groups is 1. The van der Waals surface area contributed by atoms with Gasteiger partial charge in [-0.15, -0.1) is 0 Å². The van der Waals surface area contributed by atoms with Crippen LogP contribution in [-0.4, -0.2) is 60.6 Å². The summed E-state index contributed by atoms with van der Waals surface area (Å²) >= 11 is 0. The first kappa shape index (κ1) is 25.4. The number of aliphatic carboxylic acids is 1. The molecule has 0 saturated carbocycles. The minimum absolute atomic E-state index is 0.277. The Morgan fingerprint density at radius 2 is 1.19 bits per heavy atom. The van der Waals surface area contributed by atoms with Crippen molar-refractivity contribution >= 4 is 5.97 Å². The van der Waals surface area contributed by atoms with Crippen LogP contribution in [-0.2, 0) is 4.79 Å². The summed E-state index contributed by atoms with van der Waals surface area (Å²) in [5.74, 6) is -1.17. The fourth-order valence-corrected chi connectivity index (χ4v) is 3.71. The van der Waals surface area contributed by atoms with Crippen molar-refractivity contribution in [3.8, 4) is 0 Å². The average molecular weight is 374 g/mol. The summed E-state index contributed by atoms with van der Waals surface area (Å²) in [7, 11) is 5.90. The predicted molar refractivity (Wildman–Crippen MR) is 105 cm³/mol. The zero-order valence-corrected chi connectivity index (χ0v) is 17.5. The molecular formula is C21H43NO4. The molecule has 0 saturated heterocycles. The summed E-state index contributed by atoms with van der Waals surface area (Å²) in [6, 6.07) is 0. The largest absolute Gasteiger partial charge is 0.550 e. The maximum atomic E-state index is 10.9. The molecule has 0 bridgehead atoms. The van der Waals surface area contributed by atoms with Crippen molar-refractivity contribution in [1.29, 1.82) is 0 Å². The van der Waals surface area contributed by atoms with Crippen molar-refractivity contribution in [2.24, 2.45) is 0 Å². The number of carboxylic acid groups (broad SMARTS) is 1. The Hall–Kier alpha value is -0.650. The lowest BCUT2D eigenvalue weighted by Crippen LogP contribution is -2.51. The Kier molecular flexibility index (Phi) is 14.1. The Balaban J connectivity index is 3.68. The van der Waals surface area contributed by atoms with E-state index in [-0.39, 0.29) is 6.42 Å². The number of nitrogens with zero attached hydrogens (tertiary/aromatic N) is 1. The minimum Gasteiger partial charge on any atom is -0.550 e. The number of carbonyl (C=O) groups excluding carboxylic acids is 1. The fraction of sp³-hybridized carbons (Fsp3) is 0.952. The van der Waals surface area contributed by atoms with Gasteiger partial charge in [0.15, 0.2) is 0 Å². The van der Waals surface area contributed by atoms with Gasteiger partial charge in [-0.1, -0.05) is 70.6 Å². The van der Waals surface area contributed by atoms with E-state index < -0.39 is 11.6 Å². The molecule has 156 valence electrons. The molecular weight excluding hydrogens is 330 g/mol. The van der Waals surface area contributed by atoms with Crippen molar-refractivity contribution in [2.75, 3.05) is 34.3 Å². The van der Waals surface area contributed by atoms with Gasteiger partial charge >= 0.3 is 0 Å². The Labute approximate surface area is 161 Å². The van der Waals surface area contributed by atoms with Gasteiger partial charge in [0.2, 0.25) is 0 Å². The average Bonchev–Trinajstić information content (AvgIpc) is 2.49. The van der Waals surface area contributed by atoms with Crippen LogP contribution in [0.1, 0.15) is 89.9 Å². The number of carboxylic acids is 1. The number of aliphatic hydroxyl groups excluding tert-OH is 1. The Morgan fingerprint density at radius 1 is 0.808 bits per heavy atom. The van der Waals surface area contributed by atoms with Crippen LogP contribution in [0, 0.1) is 0 Å². The zero-order valence-electron chi connectivity index (χ0n) is 17.5. The van der Waals surface area contributed by atoms with E-state index in [1.807, 2.05) is 21.1 Å². The lowest BCUT2D eigenvalue weighted by molar-refractivity contribution is -0.877. The zero-order chi connectivity index (χ0) is 19.9. The van der Waals surface area contributed by atoms with Crippen LogP contribution in [0.15, 0.2) is 0 Å². The minimum atomic E-state index is -1.17. The van der Waals surface area contributed by atoms with E-state index in [0.29, 0.717) is 24.1 Å². The standard InChI is InChI=1S/C21H43NO4/c1-22(2,3)19-21(26,18-20(24)25)16-14-12-10-8-6-4-5-7-9-11-13-15-17-23/h23,26H,4-19H2,1-3H3. The van der Waals surface area contributed by atoms with Crippen molar-refractivity contribution in [3.63, 3.8) is 0 Å². The number of quaternary nitrogens is 1. The first-order valence-electron chi connectivity index (χ1n) is 10.5. The van der Waals surface area contributed by atoms with Gasteiger partial charge in [-0.25, -0.2) is 0 Å². The van der Waals surface area contributed by atoms with Gasteiger partial charge in [0.25, 0.3) is 0 Å². The van der Waals surface area contributed by atoms with Gasteiger partial charge < -0.3 is 24.6 Å². The lowest BCUT2D eigenvalue weighted by atomic mass is 9.91. The highest BCUT2D eigenvalue weighted by molar-refractivity contribution is 5.65. The molecule has 0 aliphatic heterocycles. The lowest BCUT2D eigenvalue weighted by Gasteiger charge is -2.36. The first-order chi connectivity index (χ1) is 12.2. The summed E-state index contributed by atoms with van der Waals surface area (Å²) in [5.41, 5.74) is -1.16. The molecule has 0 rings (SSSR count). The maximum absolute atomic E-state index is 10.9. The SMILES string of the molecule is C[N+](C)(C)CC(O)(CCCCCCCCCCCCCCO)CC(=O)[O-]. The van der Waals surface area contributed by atoms with E-state index in [9.17, 15) is 15.0 Å². The Bertz CT molecular complexity index is 354. The second kappa shape index (κ2) is 14.4. The molecule has 1 unspecified atom stereocenters. The van der Waals surface area contributed by atoms with Gasteiger partial charge in [0.05, 0.1) is 21.1 Å². The molecule has 1 atom stereocenters. The molecule has 5 nitrogen and oxygen atoms in total. The number of aliphatic hydroxyl groups is 2. The topological polar surface area (TPSA) is 80.6 Å².